The molecule has 0 aromatic heterocycles. The summed E-state index contributed by atoms with van der Waals surface area (Å²) >= 11 is 0. The van der Waals surface area contributed by atoms with Gasteiger partial charge in [-0.15, -0.1) is 0 Å². The molecule has 0 aromatic carbocycles. The molecule has 3 nitrogen and oxygen atoms in total. The van der Waals surface area contributed by atoms with Gasteiger partial charge in [0.15, 0.2) is 11.5 Å². The maximum atomic E-state index is 12.0. The van der Waals surface area contributed by atoms with Gasteiger partial charge in [-0.1, -0.05) is 19.3 Å². The molecule has 0 bridgehead atoms. The molecule has 1 heterocycles. The van der Waals surface area contributed by atoms with Crippen LogP contribution in [0.4, 0.5) is 0 Å². The Kier molecular flexibility index (Phi) is 3.64. The van der Waals surface area contributed by atoms with Gasteiger partial charge in [-0.3, -0.25) is 4.79 Å². The highest BCUT2D eigenvalue weighted by Crippen LogP contribution is 2.39. The molecule has 3 heteroatoms. The second-order valence-corrected chi connectivity index (χ2v) is 5.07. The van der Waals surface area contributed by atoms with Crippen molar-refractivity contribution in [3.63, 3.8) is 0 Å². The van der Waals surface area contributed by atoms with E-state index in [4.69, 9.17) is 10.5 Å². The zero-order valence-corrected chi connectivity index (χ0v) is 9.84. The van der Waals surface area contributed by atoms with Crippen LogP contribution in [0.1, 0.15) is 44.9 Å². The summed E-state index contributed by atoms with van der Waals surface area (Å²) in [6.07, 6.45) is 9.27. The third kappa shape index (κ3) is 2.46. The van der Waals surface area contributed by atoms with Crippen LogP contribution >= 0.6 is 0 Å². The molecule has 1 aliphatic carbocycles. The smallest absolute Gasteiger partial charge is 0.197 e. The van der Waals surface area contributed by atoms with Crippen molar-refractivity contribution in [3.05, 3.63) is 11.8 Å². The van der Waals surface area contributed by atoms with Crippen molar-refractivity contribution in [1.29, 1.82) is 0 Å². The van der Waals surface area contributed by atoms with Crippen LogP contribution in [-0.2, 0) is 9.53 Å². The lowest BCUT2D eigenvalue weighted by Gasteiger charge is -2.35. The molecule has 0 saturated heterocycles. The Bertz CT molecular complexity index is 290. The van der Waals surface area contributed by atoms with Crippen molar-refractivity contribution < 1.29 is 9.53 Å². The third-order valence-electron chi connectivity index (χ3n) is 3.86. The van der Waals surface area contributed by atoms with Crippen molar-refractivity contribution in [1.82, 2.24) is 0 Å². The number of hydrogen-bond acceptors (Lipinski definition) is 3. The Morgan fingerprint density at radius 1 is 1.38 bits per heavy atom. The van der Waals surface area contributed by atoms with E-state index < -0.39 is 0 Å². The number of nitrogens with two attached hydrogens (primary N) is 1. The van der Waals surface area contributed by atoms with Gasteiger partial charge < -0.3 is 10.5 Å². The van der Waals surface area contributed by atoms with E-state index in [-0.39, 0.29) is 11.2 Å². The van der Waals surface area contributed by atoms with Gasteiger partial charge >= 0.3 is 0 Å². The zero-order valence-electron chi connectivity index (χ0n) is 9.84. The minimum atomic E-state index is 0.0577. The number of ether oxygens (including phenoxy) is 1. The first kappa shape index (κ1) is 11.6. The highest BCUT2D eigenvalue weighted by molar-refractivity contribution is 5.94. The first-order chi connectivity index (χ1) is 7.76. The molecule has 16 heavy (non-hydrogen) atoms. The highest BCUT2D eigenvalue weighted by atomic mass is 16.5. The van der Waals surface area contributed by atoms with Crippen LogP contribution in [0.25, 0.3) is 0 Å². The Morgan fingerprint density at radius 2 is 2.12 bits per heavy atom. The monoisotopic (exact) mass is 223 g/mol. The largest absolute Gasteiger partial charge is 0.490 e. The fraction of sp³-hybridized carbons (Fsp3) is 0.769. The molecule has 0 spiro atoms. The molecule has 1 fully saturated rings. The van der Waals surface area contributed by atoms with E-state index >= 15 is 0 Å². The van der Waals surface area contributed by atoms with Gasteiger partial charge in [-0.25, -0.2) is 0 Å². The highest BCUT2D eigenvalue weighted by Gasteiger charge is 2.34. The van der Waals surface area contributed by atoms with Crippen LogP contribution in [0.15, 0.2) is 11.8 Å². The molecule has 2 aliphatic rings. The number of rotatable bonds is 4. The van der Waals surface area contributed by atoms with E-state index in [1.807, 2.05) is 6.08 Å². The summed E-state index contributed by atoms with van der Waals surface area (Å²) in [5, 5.41) is 0. The lowest BCUT2D eigenvalue weighted by Crippen LogP contribution is -2.35. The van der Waals surface area contributed by atoms with E-state index in [0.717, 1.165) is 19.3 Å². The van der Waals surface area contributed by atoms with Crippen molar-refractivity contribution in [3.8, 4) is 0 Å². The average Bonchev–Trinajstić information content (AvgIpc) is 2.84. The number of Topliss-reactive ketones (excluding diaryl/α,β-unsaturated/α-hetero) is 1. The second-order valence-electron chi connectivity index (χ2n) is 5.07. The van der Waals surface area contributed by atoms with Crippen LogP contribution in [0, 0.1) is 5.41 Å². The predicted octanol–water partition coefficient (Wildman–Crippen LogP) is 2.16. The Morgan fingerprint density at radius 3 is 2.69 bits per heavy atom. The van der Waals surface area contributed by atoms with Crippen molar-refractivity contribution >= 4 is 5.78 Å². The van der Waals surface area contributed by atoms with E-state index in [9.17, 15) is 4.79 Å². The lowest BCUT2D eigenvalue weighted by atomic mass is 9.71. The molecule has 0 aromatic rings. The van der Waals surface area contributed by atoms with Gasteiger partial charge in [0.2, 0.25) is 0 Å². The first-order valence-electron chi connectivity index (χ1n) is 6.32. The molecule has 2 N–H and O–H groups in total. The number of carbonyl (C=O) groups is 1. The van der Waals surface area contributed by atoms with Crippen molar-refractivity contribution in [2.24, 2.45) is 11.1 Å². The number of carbonyl (C=O) groups excluding carboxylic acids is 1. The second kappa shape index (κ2) is 5.00. The van der Waals surface area contributed by atoms with Crippen molar-refractivity contribution in [2.75, 3.05) is 13.2 Å². The van der Waals surface area contributed by atoms with Gasteiger partial charge in [-0.2, -0.15) is 0 Å². The van der Waals surface area contributed by atoms with Gasteiger partial charge in [0.25, 0.3) is 0 Å². The standard InChI is InChI=1S/C13H21NO2/c14-10-13(6-2-1-3-7-13)9-11(15)12-5-4-8-16-12/h5H,1-4,6-10,14H2. The Hall–Kier alpha value is -0.830. The minimum Gasteiger partial charge on any atom is -0.490 e. The molecule has 0 amide bonds. The maximum absolute atomic E-state index is 12.0. The van der Waals surface area contributed by atoms with Crippen LogP contribution in [0.3, 0.4) is 0 Å². The first-order valence-corrected chi connectivity index (χ1v) is 6.32. The topological polar surface area (TPSA) is 52.3 Å². The van der Waals surface area contributed by atoms with E-state index in [2.05, 4.69) is 0 Å². The summed E-state index contributed by atoms with van der Waals surface area (Å²) in [6, 6.07) is 0. The fourth-order valence-corrected chi connectivity index (χ4v) is 2.79. The summed E-state index contributed by atoms with van der Waals surface area (Å²) in [4.78, 5) is 12.0. The molecule has 1 saturated carbocycles. The van der Waals surface area contributed by atoms with E-state index in [0.29, 0.717) is 25.3 Å². The van der Waals surface area contributed by atoms with Crippen LogP contribution in [-0.4, -0.2) is 18.9 Å². The van der Waals surface area contributed by atoms with Gasteiger partial charge in [0.1, 0.15) is 0 Å². The summed E-state index contributed by atoms with van der Waals surface area (Å²) in [6.45, 7) is 1.29. The van der Waals surface area contributed by atoms with Gasteiger partial charge in [-0.05, 0) is 30.9 Å². The van der Waals surface area contributed by atoms with Gasteiger partial charge in [0.05, 0.1) is 6.61 Å². The summed E-state index contributed by atoms with van der Waals surface area (Å²) in [7, 11) is 0. The molecular formula is C13H21NO2. The summed E-state index contributed by atoms with van der Waals surface area (Å²) in [5.41, 5.74) is 5.93. The predicted molar refractivity (Wildman–Crippen MR) is 62.8 cm³/mol. The normalized spacial score (nSPS) is 23.7. The van der Waals surface area contributed by atoms with Crippen molar-refractivity contribution in [2.45, 2.75) is 44.9 Å². The van der Waals surface area contributed by atoms with E-state index in [1.54, 1.807) is 0 Å². The molecule has 0 unspecified atom stereocenters. The molecule has 0 radical (unpaired) electrons. The average molecular weight is 223 g/mol. The fourth-order valence-electron chi connectivity index (χ4n) is 2.79. The van der Waals surface area contributed by atoms with Crippen LogP contribution in [0.5, 0.6) is 0 Å². The Balaban J connectivity index is 1.97. The lowest BCUT2D eigenvalue weighted by molar-refractivity contribution is -0.121. The molecule has 1 aliphatic heterocycles. The minimum absolute atomic E-state index is 0.0577. The third-order valence-corrected chi connectivity index (χ3v) is 3.86. The number of ketones is 1. The summed E-state index contributed by atoms with van der Waals surface area (Å²) < 4.78 is 5.32. The zero-order chi connectivity index (χ0) is 11.4. The van der Waals surface area contributed by atoms with Crippen LogP contribution < -0.4 is 5.73 Å². The molecule has 0 atom stereocenters. The summed E-state index contributed by atoms with van der Waals surface area (Å²) in [5.74, 6) is 0.739. The van der Waals surface area contributed by atoms with Crippen LogP contribution in [0.2, 0.25) is 0 Å². The quantitative estimate of drug-likeness (QED) is 0.794. The molecule has 90 valence electrons. The number of allylic oxidation sites excluding steroid dienone is 1. The Labute approximate surface area is 97.0 Å². The molecule has 2 rings (SSSR count). The SMILES string of the molecule is NCC1(CC(=O)C2=CCCO2)CCCCC1. The maximum Gasteiger partial charge on any atom is 0.197 e. The van der Waals surface area contributed by atoms with E-state index in [1.165, 1.54) is 19.3 Å². The number of hydrogen-bond donors (Lipinski definition) is 1. The molecular weight excluding hydrogens is 202 g/mol. The van der Waals surface area contributed by atoms with Gasteiger partial charge in [0, 0.05) is 12.8 Å².